The highest BCUT2D eigenvalue weighted by atomic mass is 32.2. The highest BCUT2D eigenvalue weighted by Gasteiger charge is 2.33. The maximum atomic E-state index is 12.9. The first kappa shape index (κ1) is 17.5. The maximum Gasteiger partial charge on any atom is 0.416 e. The predicted octanol–water partition coefficient (Wildman–Crippen LogP) is 3.46. The van der Waals surface area contributed by atoms with E-state index in [1.54, 1.807) is 17.8 Å². The molecule has 0 radical (unpaired) electrons. The van der Waals surface area contributed by atoms with Crippen LogP contribution in [-0.4, -0.2) is 23.7 Å². The van der Waals surface area contributed by atoms with Gasteiger partial charge in [0.25, 0.3) is 0 Å². The maximum absolute atomic E-state index is 12.9. The summed E-state index contributed by atoms with van der Waals surface area (Å²) in [6.45, 7) is 3.31. The Morgan fingerprint density at radius 1 is 1.22 bits per heavy atom. The Kier molecular flexibility index (Phi) is 4.57. The zero-order valence-electron chi connectivity index (χ0n) is 13.0. The van der Waals surface area contributed by atoms with Crippen molar-refractivity contribution in [2.75, 3.05) is 5.75 Å². The van der Waals surface area contributed by atoms with Gasteiger partial charge in [-0.15, -0.1) is 0 Å². The number of aryl methyl sites for hydroxylation is 1. The molecular weight excluding hydrogens is 329 g/mol. The molecule has 0 fully saturated rings. The van der Waals surface area contributed by atoms with Crippen LogP contribution in [0.4, 0.5) is 13.2 Å². The molecule has 1 heterocycles. The fourth-order valence-corrected chi connectivity index (χ4v) is 3.43. The molecule has 0 spiro atoms. The van der Waals surface area contributed by atoms with Crippen LogP contribution in [0.3, 0.4) is 0 Å². The molecule has 0 aliphatic heterocycles. The number of hydrogen-bond donors (Lipinski definition) is 0. The average molecular weight is 346 g/mol. The van der Waals surface area contributed by atoms with E-state index in [0.29, 0.717) is 18.3 Å². The molecule has 23 heavy (non-hydrogen) atoms. The van der Waals surface area contributed by atoms with Crippen molar-refractivity contribution < 1.29 is 21.6 Å². The number of hydrogen-bond acceptors (Lipinski definition) is 3. The van der Waals surface area contributed by atoms with Gasteiger partial charge in [-0.1, -0.05) is 13.8 Å². The molecule has 126 valence electrons. The van der Waals surface area contributed by atoms with Crippen LogP contribution in [0, 0.1) is 0 Å². The van der Waals surface area contributed by atoms with Gasteiger partial charge in [0.05, 0.1) is 16.2 Å². The van der Waals surface area contributed by atoms with Gasteiger partial charge in [-0.05, 0) is 24.6 Å². The van der Waals surface area contributed by atoms with Gasteiger partial charge >= 0.3 is 6.18 Å². The van der Waals surface area contributed by atoms with Crippen LogP contribution < -0.4 is 0 Å². The summed E-state index contributed by atoms with van der Waals surface area (Å²) in [5, 5.41) is 0. The molecule has 0 bridgehead atoms. The second-order valence-corrected chi connectivity index (χ2v) is 7.34. The summed E-state index contributed by atoms with van der Waals surface area (Å²) in [6.07, 6.45) is -2.33. The SMILES string of the molecule is CCc1cnc(-c2ccc(C(F)(F)F)cc2S(=O)(=O)CC)n1C. The Morgan fingerprint density at radius 3 is 2.35 bits per heavy atom. The number of aromatic nitrogens is 2. The predicted molar refractivity (Wildman–Crippen MR) is 80.8 cm³/mol. The molecule has 2 rings (SSSR count). The highest BCUT2D eigenvalue weighted by molar-refractivity contribution is 7.91. The molecule has 0 saturated heterocycles. The summed E-state index contributed by atoms with van der Waals surface area (Å²) in [5.74, 6) is 0.0504. The van der Waals surface area contributed by atoms with Crippen LogP contribution in [0.1, 0.15) is 25.1 Å². The first-order valence-corrected chi connectivity index (χ1v) is 8.72. The van der Waals surface area contributed by atoms with E-state index in [1.165, 1.54) is 13.0 Å². The standard InChI is InChI=1S/C15H17F3N2O2S/c1-4-11-9-19-14(20(11)3)12-7-6-10(15(16,17)18)8-13(12)23(21,22)5-2/h6-9H,4-5H2,1-3H3. The number of alkyl halides is 3. The minimum atomic E-state index is -4.60. The first-order chi connectivity index (χ1) is 10.6. The van der Waals surface area contributed by atoms with Crippen LogP contribution in [0.2, 0.25) is 0 Å². The number of imidazole rings is 1. The number of nitrogens with zero attached hydrogens (tertiary/aromatic N) is 2. The molecule has 2 aromatic rings. The van der Waals surface area contributed by atoms with Crippen molar-refractivity contribution in [1.29, 1.82) is 0 Å². The molecule has 4 nitrogen and oxygen atoms in total. The molecule has 8 heteroatoms. The minimum Gasteiger partial charge on any atom is -0.331 e. The topological polar surface area (TPSA) is 52.0 Å². The van der Waals surface area contributed by atoms with Gasteiger partial charge in [-0.2, -0.15) is 13.2 Å². The summed E-state index contributed by atoms with van der Waals surface area (Å²) in [4.78, 5) is 3.83. The molecule has 0 saturated carbocycles. The van der Waals surface area contributed by atoms with Crippen molar-refractivity contribution in [2.45, 2.75) is 31.3 Å². The summed E-state index contributed by atoms with van der Waals surface area (Å²) in [5.41, 5.74) is 0.0555. The molecule has 0 unspecified atom stereocenters. The summed E-state index contributed by atoms with van der Waals surface area (Å²) in [7, 11) is -2.12. The lowest BCUT2D eigenvalue weighted by Crippen LogP contribution is -2.11. The van der Waals surface area contributed by atoms with E-state index in [9.17, 15) is 21.6 Å². The number of benzene rings is 1. The van der Waals surface area contributed by atoms with Crippen molar-refractivity contribution in [3.05, 3.63) is 35.7 Å². The van der Waals surface area contributed by atoms with E-state index >= 15 is 0 Å². The number of sulfone groups is 1. The summed E-state index contributed by atoms with van der Waals surface area (Å²) >= 11 is 0. The molecule has 0 aliphatic rings. The smallest absolute Gasteiger partial charge is 0.331 e. The quantitative estimate of drug-likeness (QED) is 0.852. The van der Waals surface area contributed by atoms with Crippen molar-refractivity contribution in [3.63, 3.8) is 0 Å². The van der Waals surface area contributed by atoms with E-state index in [-0.39, 0.29) is 16.2 Å². The molecule has 1 aromatic carbocycles. The molecule has 1 aromatic heterocycles. The lowest BCUT2D eigenvalue weighted by molar-refractivity contribution is -0.137. The lowest BCUT2D eigenvalue weighted by atomic mass is 10.1. The number of halogens is 3. The van der Waals surface area contributed by atoms with Gasteiger partial charge in [0.15, 0.2) is 9.84 Å². The lowest BCUT2D eigenvalue weighted by Gasteiger charge is -2.14. The third-order valence-corrected chi connectivity index (χ3v) is 5.48. The van der Waals surface area contributed by atoms with Crippen molar-refractivity contribution in [3.8, 4) is 11.4 Å². The van der Waals surface area contributed by atoms with Crippen molar-refractivity contribution >= 4 is 9.84 Å². The van der Waals surface area contributed by atoms with Gasteiger partial charge in [-0.25, -0.2) is 13.4 Å². The van der Waals surface area contributed by atoms with Gasteiger partial charge in [0, 0.05) is 24.5 Å². The number of rotatable bonds is 4. The normalized spacial score (nSPS) is 12.6. The van der Waals surface area contributed by atoms with E-state index in [4.69, 9.17) is 0 Å². The Balaban J connectivity index is 2.75. The first-order valence-electron chi connectivity index (χ1n) is 7.06. The highest BCUT2D eigenvalue weighted by Crippen LogP contribution is 2.35. The van der Waals surface area contributed by atoms with Crippen LogP contribution >= 0.6 is 0 Å². The third-order valence-electron chi connectivity index (χ3n) is 3.71. The zero-order chi connectivity index (χ0) is 17.4. The Morgan fingerprint density at radius 2 is 1.87 bits per heavy atom. The monoisotopic (exact) mass is 346 g/mol. The summed E-state index contributed by atoms with van der Waals surface area (Å²) < 4.78 is 65.0. The van der Waals surface area contributed by atoms with Crippen molar-refractivity contribution in [2.24, 2.45) is 7.05 Å². The molecule has 0 N–H and O–H groups in total. The Hall–Kier alpha value is -1.83. The van der Waals surface area contributed by atoms with Gasteiger partial charge in [-0.3, -0.25) is 0 Å². The zero-order valence-corrected chi connectivity index (χ0v) is 13.8. The average Bonchev–Trinajstić information content (AvgIpc) is 2.86. The van der Waals surface area contributed by atoms with Crippen molar-refractivity contribution in [1.82, 2.24) is 9.55 Å². The molecule has 0 atom stereocenters. The van der Waals surface area contributed by atoms with Crippen LogP contribution in [-0.2, 0) is 29.5 Å². The van der Waals surface area contributed by atoms with Gasteiger partial charge in [0.1, 0.15) is 5.82 Å². The fraction of sp³-hybridized carbons (Fsp3) is 0.400. The van der Waals surface area contributed by atoms with Crippen LogP contribution in [0.5, 0.6) is 0 Å². The minimum absolute atomic E-state index is 0.182. The second-order valence-electron chi connectivity index (χ2n) is 5.10. The third kappa shape index (κ3) is 3.26. The van der Waals surface area contributed by atoms with E-state index in [2.05, 4.69) is 4.98 Å². The largest absolute Gasteiger partial charge is 0.416 e. The van der Waals surface area contributed by atoms with Crippen LogP contribution in [0.15, 0.2) is 29.3 Å². The van der Waals surface area contributed by atoms with E-state index in [0.717, 1.165) is 11.8 Å². The van der Waals surface area contributed by atoms with E-state index in [1.807, 2.05) is 6.92 Å². The Labute approximate surface area is 132 Å². The molecule has 0 amide bonds. The van der Waals surface area contributed by atoms with Gasteiger partial charge < -0.3 is 4.57 Å². The van der Waals surface area contributed by atoms with E-state index < -0.39 is 21.6 Å². The van der Waals surface area contributed by atoms with Crippen LogP contribution in [0.25, 0.3) is 11.4 Å². The van der Waals surface area contributed by atoms with Gasteiger partial charge in [0.2, 0.25) is 0 Å². The fourth-order valence-electron chi connectivity index (χ4n) is 2.32. The summed E-state index contributed by atoms with van der Waals surface area (Å²) in [6, 6.07) is 2.74. The molecule has 0 aliphatic carbocycles. The molecular formula is C15H17F3N2O2S. The second kappa shape index (κ2) is 5.99. The Bertz CT molecular complexity index is 824.